The molecule has 1 N–H and O–H groups in total. The van der Waals surface area contributed by atoms with Crippen LogP contribution in [0.1, 0.15) is 16.7 Å². The van der Waals surface area contributed by atoms with Gasteiger partial charge >= 0.3 is 6.03 Å². The maximum Gasteiger partial charge on any atom is 0.335 e. The number of amides is 4. The predicted octanol–water partition coefficient (Wildman–Crippen LogP) is 5.37. The summed E-state index contributed by atoms with van der Waals surface area (Å²) in [5, 5.41) is 2.91. The lowest BCUT2D eigenvalue weighted by Crippen LogP contribution is -2.54. The van der Waals surface area contributed by atoms with Crippen LogP contribution in [0.25, 0.3) is 6.08 Å². The molecule has 1 heterocycles. The average Bonchev–Trinajstić information content (AvgIpc) is 2.80. The van der Waals surface area contributed by atoms with E-state index in [0.29, 0.717) is 28.4 Å². The summed E-state index contributed by atoms with van der Waals surface area (Å²) in [6.45, 7) is 0. The molecule has 0 spiro atoms. The summed E-state index contributed by atoms with van der Waals surface area (Å²) in [4.78, 5) is 38.8. The van der Waals surface area contributed by atoms with Crippen molar-refractivity contribution >= 4 is 57.1 Å². The van der Waals surface area contributed by atoms with E-state index in [0.717, 1.165) is 20.5 Å². The number of halogens is 2. The van der Waals surface area contributed by atoms with Crippen molar-refractivity contribution in [1.82, 2.24) is 5.32 Å². The normalized spacial score (nSPS) is 15.1. The molecule has 1 aliphatic heterocycles. The van der Waals surface area contributed by atoms with Crippen LogP contribution in [0, 0.1) is 0 Å². The molecule has 1 aliphatic rings. The lowest BCUT2D eigenvalue weighted by molar-refractivity contribution is -0.122. The van der Waals surface area contributed by atoms with E-state index in [1.54, 1.807) is 30.3 Å². The van der Waals surface area contributed by atoms with E-state index in [1.807, 2.05) is 36.4 Å². The zero-order valence-electron chi connectivity index (χ0n) is 17.5. The maximum absolute atomic E-state index is 13.1. The summed E-state index contributed by atoms with van der Waals surface area (Å²) in [6.07, 6.45) is 2.08. The Kier molecular flexibility index (Phi) is 6.62. The second-order valence-corrected chi connectivity index (χ2v) is 8.54. The minimum Gasteiger partial charge on any atom is -0.497 e. The third-order valence-corrected chi connectivity index (χ3v) is 6.27. The molecule has 0 aliphatic carbocycles. The van der Waals surface area contributed by atoms with Gasteiger partial charge in [-0.1, -0.05) is 57.9 Å². The van der Waals surface area contributed by atoms with Crippen LogP contribution in [0.4, 0.5) is 10.5 Å². The van der Waals surface area contributed by atoms with Crippen molar-refractivity contribution in [2.45, 2.75) is 6.42 Å². The summed E-state index contributed by atoms with van der Waals surface area (Å²) in [5.41, 5.74) is 2.80. The third-order valence-electron chi connectivity index (χ3n) is 5.16. The zero-order chi connectivity index (χ0) is 23.5. The van der Waals surface area contributed by atoms with Crippen LogP contribution in [0.2, 0.25) is 5.02 Å². The summed E-state index contributed by atoms with van der Waals surface area (Å²) in [6, 6.07) is 18.7. The number of anilines is 1. The zero-order valence-corrected chi connectivity index (χ0v) is 19.8. The van der Waals surface area contributed by atoms with Crippen LogP contribution in [-0.4, -0.2) is 25.0 Å². The van der Waals surface area contributed by atoms with Gasteiger partial charge in [-0.15, -0.1) is 0 Å². The van der Waals surface area contributed by atoms with Gasteiger partial charge in [-0.2, -0.15) is 0 Å². The fourth-order valence-electron chi connectivity index (χ4n) is 3.43. The van der Waals surface area contributed by atoms with E-state index in [1.165, 1.54) is 13.2 Å². The Hall–Kier alpha value is -3.42. The van der Waals surface area contributed by atoms with E-state index >= 15 is 0 Å². The van der Waals surface area contributed by atoms with Crippen LogP contribution in [0.3, 0.4) is 0 Å². The fraction of sp³-hybridized carbons (Fsp3) is 0.0800. The highest BCUT2D eigenvalue weighted by Crippen LogP contribution is 2.27. The van der Waals surface area contributed by atoms with Gasteiger partial charge in [-0.3, -0.25) is 14.9 Å². The van der Waals surface area contributed by atoms with E-state index < -0.39 is 17.8 Å². The molecule has 3 aromatic carbocycles. The number of ether oxygens (including phenoxy) is 1. The standard InChI is InChI=1S/C25H18BrClN2O4/c1-33-19-10-8-18(9-11-19)29-24(31)20(23(30)28-25(29)32)12-15-6-7-16(21(26)13-15)14-17-4-2-3-5-22(17)27/h2-13H,14H2,1H3,(H,28,30,32)/b20-12+. The maximum atomic E-state index is 13.1. The Morgan fingerprint density at radius 3 is 2.39 bits per heavy atom. The summed E-state index contributed by atoms with van der Waals surface area (Å²) < 4.78 is 5.92. The number of carbonyl (C=O) groups excluding carboxylic acids is 3. The van der Waals surface area contributed by atoms with Crippen molar-refractivity contribution in [3.63, 3.8) is 0 Å². The molecule has 0 bridgehead atoms. The quantitative estimate of drug-likeness (QED) is 0.359. The molecule has 0 radical (unpaired) electrons. The number of nitrogens with one attached hydrogen (secondary N) is 1. The molecular weight excluding hydrogens is 508 g/mol. The monoisotopic (exact) mass is 524 g/mol. The van der Waals surface area contributed by atoms with E-state index in [9.17, 15) is 14.4 Å². The largest absolute Gasteiger partial charge is 0.497 e. The van der Waals surface area contributed by atoms with Crippen LogP contribution in [-0.2, 0) is 16.0 Å². The van der Waals surface area contributed by atoms with Crippen molar-refractivity contribution in [3.05, 3.63) is 98.5 Å². The highest BCUT2D eigenvalue weighted by molar-refractivity contribution is 9.10. The molecule has 1 saturated heterocycles. The van der Waals surface area contributed by atoms with Gasteiger partial charge in [-0.25, -0.2) is 9.69 Å². The SMILES string of the molecule is COc1ccc(N2C(=O)NC(=O)/C(=C\c3ccc(Cc4ccccc4Cl)c(Br)c3)C2=O)cc1. The summed E-state index contributed by atoms with van der Waals surface area (Å²) in [5.74, 6) is -0.867. The van der Waals surface area contributed by atoms with Gasteiger partial charge in [0.15, 0.2) is 0 Å². The molecule has 0 atom stereocenters. The Balaban J connectivity index is 1.62. The molecule has 0 saturated carbocycles. The highest BCUT2D eigenvalue weighted by atomic mass is 79.9. The number of urea groups is 1. The number of methoxy groups -OCH3 is 1. The lowest BCUT2D eigenvalue weighted by Gasteiger charge is -2.26. The molecule has 1 fully saturated rings. The third kappa shape index (κ3) is 4.84. The molecule has 0 unspecified atom stereocenters. The van der Waals surface area contributed by atoms with Crippen molar-refractivity contribution < 1.29 is 19.1 Å². The predicted molar refractivity (Wildman–Crippen MR) is 130 cm³/mol. The Labute approximate surface area is 203 Å². The van der Waals surface area contributed by atoms with Crippen LogP contribution in [0.5, 0.6) is 5.75 Å². The first-order chi connectivity index (χ1) is 15.9. The number of rotatable bonds is 5. The van der Waals surface area contributed by atoms with Gasteiger partial charge in [0.1, 0.15) is 11.3 Å². The molecule has 166 valence electrons. The Morgan fingerprint density at radius 1 is 1.00 bits per heavy atom. The van der Waals surface area contributed by atoms with E-state index in [-0.39, 0.29) is 5.57 Å². The average molecular weight is 526 g/mol. The van der Waals surface area contributed by atoms with Crippen molar-refractivity contribution in [2.75, 3.05) is 12.0 Å². The number of carbonyl (C=O) groups is 3. The molecule has 4 amide bonds. The molecule has 8 heteroatoms. The Bertz CT molecular complexity index is 1290. The minimum atomic E-state index is -0.802. The molecule has 4 rings (SSSR count). The van der Waals surface area contributed by atoms with Crippen LogP contribution < -0.4 is 15.0 Å². The molecule has 33 heavy (non-hydrogen) atoms. The highest BCUT2D eigenvalue weighted by Gasteiger charge is 2.36. The minimum absolute atomic E-state index is 0.142. The van der Waals surface area contributed by atoms with Gasteiger partial charge in [0.05, 0.1) is 12.8 Å². The van der Waals surface area contributed by atoms with Gasteiger partial charge in [0.25, 0.3) is 11.8 Å². The van der Waals surface area contributed by atoms with Gasteiger partial charge in [0, 0.05) is 15.9 Å². The summed E-state index contributed by atoms with van der Waals surface area (Å²) in [7, 11) is 1.52. The number of benzene rings is 3. The number of barbiturate groups is 1. The Morgan fingerprint density at radius 2 is 1.73 bits per heavy atom. The topological polar surface area (TPSA) is 75.7 Å². The second-order valence-electron chi connectivity index (χ2n) is 7.27. The fourth-order valence-corrected chi connectivity index (χ4v) is 4.17. The van der Waals surface area contributed by atoms with Crippen LogP contribution >= 0.6 is 27.5 Å². The first kappa shape index (κ1) is 22.8. The first-order valence-corrected chi connectivity index (χ1v) is 11.1. The lowest BCUT2D eigenvalue weighted by atomic mass is 10.0. The molecule has 3 aromatic rings. The van der Waals surface area contributed by atoms with Crippen LogP contribution in [0.15, 0.2) is 76.8 Å². The van der Waals surface area contributed by atoms with Crippen molar-refractivity contribution in [3.8, 4) is 5.75 Å². The van der Waals surface area contributed by atoms with Gasteiger partial charge in [0.2, 0.25) is 0 Å². The number of nitrogens with zero attached hydrogens (tertiary/aromatic N) is 1. The number of imide groups is 2. The number of hydrogen-bond donors (Lipinski definition) is 1. The van der Waals surface area contributed by atoms with Crippen molar-refractivity contribution in [1.29, 1.82) is 0 Å². The molecule has 0 aromatic heterocycles. The van der Waals surface area contributed by atoms with Gasteiger partial charge < -0.3 is 4.74 Å². The van der Waals surface area contributed by atoms with E-state index in [4.69, 9.17) is 16.3 Å². The molecule has 6 nitrogen and oxygen atoms in total. The second kappa shape index (κ2) is 9.60. The molecular formula is C25H18BrClN2O4. The van der Waals surface area contributed by atoms with Crippen molar-refractivity contribution in [2.24, 2.45) is 0 Å². The first-order valence-electron chi connectivity index (χ1n) is 9.94. The number of hydrogen-bond acceptors (Lipinski definition) is 4. The summed E-state index contributed by atoms with van der Waals surface area (Å²) >= 11 is 9.83. The van der Waals surface area contributed by atoms with E-state index in [2.05, 4.69) is 21.2 Å². The van der Waals surface area contributed by atoms with Gasteiger partial charge in [-0.05, 0) is 59.2 Å². The smallest absolute Gasteiger partial charge is 0.335 e.